The Morgan fingerprint density at radius 3 is 2.20 bits per heavy atom. The van der Waals surface area contributed by atoms with Crippen molar-refractivity contribution in [3.8, 4) is 11.3 Å². The van der Waals surface area contributed by atoms with Crippen molar-refractivity contribution in [2.24, 2.45) is 0 Å². The molecule has 0 fully saturated rings. The number of nitrogens with zero attached hydrogens (tertiary/aromatic N) is 3. The van der Waals surface area contributed by atoms with Gasteiger partial charge < -0.3 is 5.32 Å². The zero-order valence-electron chi connectivity index (χ0n) is 11.9. The highest BCUT2D eigenvalue weighted by Crippen LogP contribution is 2.32. The largest absolute Gasteiger partial charge is 0.357 e. The summed E-state index contributed by atoms with van der Waals surface area (Å²) >= 11 is 0. The molecule has 0 radical (unpaired) electrons. The van der Waals surface area contributed by atoms with E-state index in [1.807, 2.05) is 32.0 Å². The second-order valence-electron chi connectivity index (χ2n) is 4.71. The summed E-state index contributed by atoms with van der Waals surface area (Å²) in [5.41, 5.74) is 3.46. The summed E-state index contributed by atoms with van der Waals surface area (Å²) in [4.78, 5) is 19.2. The molecule has 6 nitrogen and oxygen atoms in total. The van der Waals surface area contributed by atoms with E-state index in [1.54, 1.807) is 14.0 Å². The van der Waals surface area contributed by atoms with Crippen LogP contribution in [0.4, 0.5) is 11.6 Å². The van der Waals surface area contributed by atoms with Crippen molar-refractivity contribution < 1.29 is 4.92 Å². The molecule has 1 aromatic carbocycles. The minimum Gasteiger partial charge on any atom is -0.357 e. The maximum Gasteiger partial charge on any atom is 0.316 e. The first-order valence-corrected chi connectivity index (χ1v) is 6.22. The van der Waals surface area contributed by atoms with E-state index >= 15 is 0 Å². The van der Waals surface area contributed by atoms with Crippen LogP contribution in [-0.4, -0.2) is 21.9 Å². The summed E-state index contributed by atoms with van der Waals surface area (Å²) in [5, 5.41) is 14.1. The lowest BCUT2D eigenvalue weighted by molar-refractivity contribution is -0.385. The molecule has 0 aliphatic carbocycles. The molecule has 2 rings (SSSR count). The molecule has 0 spiro atoms. The highest BCUT2D eigenvalue weighted by atomic mass is 16.6. The Kier molecular flexibility index (Phi) is 3.65. The number of nitrogens with one attached hydrogen (secondary N) is 1. The standard InChI is InChI=1S/C14H16N4O2/c1-8-5-9(2)7-11(6-8)12-13(18(19)20)10(3)16-14(15-4)17-12/h5-7H,1-4H3,(H,15,16,17). The Bertz CT molecular complexity index is 663. The van der Waals surface area contributed by atoms with Crippen molar-refractivity contribution in [2.45, 2.75) is 20.8 Å². The maximum atomic E-state index is 11.3. The van der Waals surface area contributed by atoms with Crippen LogP contribution in [0.2, 0.25) is 0 Å². The molecule has 1 aromatic heterocycles. The molecule has 1 N–H and O–H groups in total. The van der Waals surface area contributed by atoms with Gasteiger partial charge in [-0.3, -0.25) is 10.1 Å². The zero-order chi connectivity index (χ0) is 14.9. The van der Waals surface area contributed by atoms with Crippen LogP contribution in [0.1, 0.15) is 16.8 Å². The molecule has 0 bridgehead atoms. The first-order valence-electron chi connectivity index (χ1n) is 6.22. The van der Waals surface area contributed by atoms with Crippen LogP contribution < -0.4 is 5.32 Å². The van der Waals surface area contributed by atoms with Gasteiger partial charge in [0.1, 0.15) is 5.69 Å². The summed E-state index contributed by atoms with van der Waals surface area (Å²) in [6.07, 6.45) is 0. The van der Waals surface area contributed by atoms with Crippen molar-refractivity contribution in [2.75, 3.05) is 12.4 Å². The van der Waals surface area contributed by atoms with Crippen LogP contribution in [0.25, 0.3) is 11.3 Å². The molecule has 0 amide bonds. The first-order chi connectivity index (χ1) is 9.42. The van der Waals surface area contributed by atoms with E-state index in [0.29, 0.717) is 17.3 Å². The molecule has 0 aliphatic rings. The Balaban J connectivity index is 2.76. The van der Waals surface area contributed by atoms with E-state index in [0.717, 1.165) is 16.7 Å². The summed E-state index contributed by atoms with van der Waals surface area (Å²) in [5.74, 6) is 0.377. The van der Waals surface area contributed by atoms with Crippen molar-refractivity contribution in [3.05, 3.63) is 45.1 Å². The lowest BCUT2D eigenvalue weighted by Gasteiger charge is -2.09. The second kappa shape index (κ2) is 5.24. The van der Waals surface area contributed by atoms with Gasteiger partial charge in [0.05, 0.1) is 4.92 Å². The third-order valence-corrected chi connectivity index (χ3v) is 2.96. The minimum atomic E-state index is -0.429. The first kappa shape index (κ1) is 13.9. The van der Waals surface area contributed by atoms with Crippen LogP contribution in [0, 0.1) is 30.9 Å². The molecule has 0 atom stereocenters. The van der Waals surface area contributed by atoms with Gasteiger partial charge >= 0.3 is 5.69 Å². The Hall–Kier alpha value is -2.50. The average molecular weight is 272 g/mol. The van der Waals surface area contributed by atoms with Crippen LogP contribution in [-0.2, 0) is 0 Å². The van der Waals surface area contributed by atoms with Gasteiger partial charge in [0.15, 0.2) is 5.69 Å². The smallest absolute Gasteiger partial charge is 0.316 e. The van der Waals surface area contributed by atoms with E-state index in [2.05, 4.69) is 15.3 Å². The van der Waals surface area contributed by atoms with E-state index in [-0.39, 0.29) is 5.69 Å². The van der Waals surface area contributed by atoms with E-state index < -0.39 is 4.92 Å². The number of hydrogen-bond donors (Lipinski definition) is 1. The predicted octanol–water partition coefficient (Wildman–Crippen LogP) is 3.02. The molecule has 1 heterocycles. The molecule has 0 unspecified atom stereocenters. The van der Waals surface area contributed by atoms with Gasteiger partial charge in [-0.25, -0.2) is 9.97 Å². The van der Waals surface area contributed by atoms with Gasteiger partial charge in [0.2, 0.25) is 5.95 Å². The fraction of sp³-hybridized carbons (Fsp3) is 0.286. The summed E-state index contributed by atoms with van der Waals surface area (Å²) in [7, 11) is 1.69. The van der Waals surface area contributed by atoms with Gasteiger partial charge in [0, 0.05) is 12.6 Å². The number of benzene rings is 1. The molecule has 2 aromatic rings. The molecular weight excluding hydrogens is 256 g/mol. The number of nitro groups is 1. The van der Waals surface area contributed by atoms with Crippen molar-refractivity contribution in [3.63, 3.8) is 0 Å². The number of rotatable bonds is 3. The van der Waals surface area contributed by atoms with E-state index in [1.165, 1.54) is 0 Å². The Morgan fingerprint density at radius 1 is 1.10 bits per heavy atom. The number of aromatic nitrogens is 2. The van der Waals surface area contributed by atoms with Gasteiger partial charge in [-0.2, -0.15) is 0 Å². The zero-order valence-corrected chi connectivity index (χ0v) is 11.9. The van der Waals surface area contributed by atoms with Crippen molar-refractivity contribution >= 4 is 11.6 Å². The Labute approximate surface area is 117 Å². The quantitative estimate of drug-likeness (QED) is 0.686. The average Bonchev–Trinajstić information content (AvgIpc) is 2.35. The number of aryl methyl sites for hydroxylation is 3. The third-order valence-electron chi connectivity index (χ3n) is 2.96. The van der Waals surface area contributed by atoms with Gasteiger partial charge in [-0.05, 0) is 32.9 Å². The van der Waals surface area contributed by atoms with Crippen LogP contribution >= 0.6 is 0 Å². The molecule has 104 valence electrons. The van der Waals surface area contributed by atoms with Crippen LogP contribution in [0.3, 0.4) is 0 Å². The molecule has 6 heteroatoms. The third kappa shape index (κ3) is 2.59. The maximum absolute atomic E-state index is 11.3. The van der Waals surface area contributed by atoms with Crippen molar-refractivity contribution in [1.29, 1.82) is 0 Å². The van der Waals surface area contributed by atoms with E-state index in [9.17, 15) is 10.1 Å². The fourth-order valence-electron chi connectivity index (χ4n) is 2.21. The van der Waals surface area contributed by atoms with Gasteiger partial charge in [0.25, 0.3) is 0 Å². The predicted molar refractivity (Wildman–Crippen MR) is 77.9 cm³/mol. The Morgan fingerprint density at radius 2 is 1.70 bits per heavy atom. The lowest BCUT2D eigenvalue weighted by Crippen LogP contribution is -2.05. The SMILES string of the molecule is CNc1nc(C)c([N+](=O)[O-])c(-c2cc(C)cc(C)c2)n1. The van der Waals surface area contributed by atoms with Gasteiger partial charge in [-0.1, -0.05) is 17.2 Å². The summed E-state index contributed by atoms with van der Waals surface area (Å²) < 4.78 is 0. The fourth-order valence-corrected chi connectivity index (χ4v) is 2.21. The normalized spacial score (nSPS) is 10.4. The molecule has 20 heavy (non-hydrogen) atoms. The van der Waals surface area contributed by atoms with Crippen LogP contribution in [0.5, 0.6) is 0 Å². The monoisotopic (exact) mass is 272 g/mol. The molecular formula is C14H16N4O2. The lowest BCUT2D eigenvalue weighted by atomic mass is 10.0. The van der Waals surface area contributed by atoms with Crippen molar-refractivity contribution in [1.82, 2.24) is 9.97 Å². The molecule has 0 aliphatic heterocycles. The van der Waals surface area contributed by atoms with Crippen LogP contribution in [0.15, 0.2) is 18.2 Å². The number of hydrogen-bond acceptors (Lipinski definition) is 5. The number of anilines is 1. The summed E-state index contributed by atoms with van der Waals surface area (Å²) in [6.45, 7) is 5.53. The highest BCUT2D eigenvalue weighted by molar-refractivity contribution is 5.73. The van der Waals surface area contributed by atoms with E-state index in [4.69, 9.17) is 0 Å². The minimum absolute atomic E-state index is 0.0472. The van der Waals surface area contributed by atoms with Gasteiger partial charge in [-0.15, -0.1) is 0 Å². The molecule has 0 saturated carbocycles. The summed E-state index contributed by atoms with van der Waals surface area (Å²) in [6, 6.07) is 5.80. The molecule has 0 saturated heterocycles. The highest BCUT2D eigenvalue weighted by Gasteiger charge is 2.23. The second-order valence-corrected chi connectivity index (χ2v) is 4.71. The topological polar surface area (TPSA) is 81.0 Å².